The van der Waals surface area contributed by atoms with Crippen LogP contribution in [0.3, 0.4) is 0 Å². The number of halogens is 2. The Morgan fingerprint density at radius 2 is 1.90 bits per heavy atom. The fraction of sp³-hybridized carbons (Fsp3) is 0.500. The van der Waals surface area contributed by atoms with Crippen molar-refractivity contribution >= 4 is 22.4 Å². The summed E-state index contributed by atoms with van der Waals surface area (Å²) in [7, 11) is -0.938. The minimum atomic E-state index is -0.938. The van der Waals surface area contributed by atoms with Gasteiger partial charge in [-0.1, -0.05) is 0 Å². The van der Waals surface area contributed by atoms with Gasteiger partial charge in [-0.25, -0.2) is 8.78 Å². The molecule has 0 saturated heterocycles. The molecule has 0 bridgehead atoms. The summed E-state index contributed by atoms with van der Waals surface area (Å²) in [4.78, 5) is 11.9. The summed E-state index contributed by atoms with van der Waals surface area (Å²) in [5, 5.41) is 5.20. The zero-order valence-corrected chi connectivity index (χ0v) is 13.2. The summed E-state index contributed by atoms with van der Waals surface area (Å²) in [5.41, 5.74) is -0.306. The molecular weight excluding hydrogens is 298 g/mol. The highest BCUT2D eigenvalue weighted by Gasteiger charge is 2.16. The van der Waals surface area contributed by atoms with Gasteiger partial charge in [-0.15, -0.1) is 0 Å². The van der Waals surface area contributed by atoms with Crippen LogP contribution in [-0.4, -0.2) is 34.7 Å². The smallest absolute Gasteiger partial charge is 0.251 e. The number of rotatable bonds is 7. The van der Waals surface area contributed by atoms with Crippen molar-refractivity contribution in [3.05, 3.63) is 29.3 Å². The van der Waals surface area contributed by atoms with Crippen molar-refractivity contribution in [3.63, 3.8) is 0 Å². The molecule has 7 heteroatoms. The van der Waals surface area contributed by atoms with E-state index in [-0.39, 0.29) is 17.3 Å². The van der Waals surface area contributed by atoms with E-state index in [2.05, 4.69) is 10.6 Å². The van der Waals surface area contributed by atoms with Crippen molar-refractivity contribution in [1.29, 1.82) is 0 Å². The van der Waals surface area contributed by atoms with E-state index in [1.165, 1.54) is 0 Å². The third-order valence-corrected chi connectivity index (χ3v) is 3.68. The number of carbonyl (C=O) groups excluding carboxylic acids is 1. The molecule has 0 radical (unpaired) electrons. The van der Waals surface area contributed by atoms with E-state index in [1.807, 2.05) is 0 Å². The van der Waals surface area contributed by atoms with E-state index >= 15 is 0 Å². The molecule has 0 saturated carbocycles. The van der Waals surface area contributed by atoms with Crippen molar-refractivity contribution in [2.45, 2.75) is 26.3 Å². The minimum absolute atomic E-state index is 0.0730. The maximum absolute atomic E-state index is 13.7. The lowest BCUT2D eigenvalue weighted by atomic mass is 10.1. The third kappa shape index (κ3) is 5.41. The summed E-state index contributed by atoms with van der Waals surface area (Å²) in [6.07, 6.45) is 2.12. The number of benzene rings is 1. The van der Waals surface area contributed by atoms with Crippen LogP contribution in [0.4, 0.5) is 14.5 Å². The summed E-state index contributed by atoms with van der Waals surface area (Å²) in [5.74, 6) is -1.69. The van der Waals surface area contributed by atoms with Gasteiger partial charge in [-0.2, -0.15) is 0 Å². The van der Waals surface area contributed by atoms with Gasteiger partial charge in [0.1, 0.15) is 17.3 Å². The van der Waals surface area contributed by atoms with E-state index in [4.69, 9.17) is 0 Å². The first-order valence-corrected chi connectivity index (χ1v) is 8.41. The lowest BCUT2D eigenvalue weighted by Gasteiger charge is -2.14. The van der Waals surface area contributed by atoms with Crippen LogP contribution < -0.4 is 10.6 Å². The molecule has 0 aliphatic carbocycles. The average Bonchev–Trinajstić information content (AvgIpc) is 2.40. The highest BCUT2D eigenvalue weighted by Crippen LogP contribution is 2.20. The van der Waals surface area contributed by atoms with Gasteiger partial charge in [0.25, 0.3) is 5.91 Å². The minimum Gasteiger partial charge on any atom is -0.381 e. The van der Waals surface area contributed by atoms with Crippen molar-refractivity contribution < 1.29 is 17.8 Å². The van der Waals surface area contributed by atoms with Gasteiger partial charge in [0.15, 0.2) is 0 Å². The highest BCUT2D eigenvalue weighted by molar-refractivity contribution is 7.84. The zero-order valence-electron chi connectivity index (χ0n) is 12.3. The van der Waals surface area contributed by atoms with Crippen LogP contribution in [0.2, 0.25) is 0 Å². The van der Waals surface area contributed by atoms with Gasteiger partial charge < -0.3 is 10.6 Å². The fourth-order valence-electron chi connectivity index (χ4n) is 1.77. The topological polar surface area (TPSA) is 58.2 Å². The first-order chi connectivity index (χ1) is 9.85. The third-order valence-electron chi connectivity index (χ3n) is 2.87. The number of nitrogens with one attached hydrogen (secondary N) is 2. The van der Waals surface area contributed by atoms with Crippen LogP contribution in [0.5, 0.6) is 0 Å². The van der Waals surface area contributed by atoms with Crippen molar-refractivity contribution in [2.24, 2.45) is 0 Å². The number of anilines is 1. The van der Waals surface area contributed by atoms with Crippen molar-refractivity contribution in [2.75, 3.05) is 23.9 Å². The Balaban J connectivity index is 2.77. The standard InChI is InChI=1S/C14H20F2N2O2S/c1-4-17-13-11(15)7-10(8-12(13)16)14(19)18-9(2)5-6-21(3)20/h7-9,17H,4-6H2,1-3H3,(H,18,19). The maximum atomic E-state index is 13.7. The largest absolute Gasteiger partial charge is 0.381 e. The summed E-state index contributed by atoms with van der Waals surface area (Å²) >= 11 is 0. The molecule has 118 valence electrons. The monoisotopic (exact) mass is 318 g/mol. The number of hydrogen-bond donors (Lipinski definition) is 2. The fourth-order valence-corrected chi connectivity index (χ4v) is 2.46. The number of amides is 1. The SMILES string of the molecule is CCNc1c(F)cc(C(=O)NC(C)CCS(C)=O)cc1F. The molecule has 2 N–H and O–H groups in total. The van der Waals surface area contributed by atoms with Gasteiger partial charge in [0, 0.05) is 41.0 Å². The Morgan fingerprint density at radius 1 is 1.33 bits per heavy atom. The normalized spacial score (nSPS) is 13.6. The number of carbonyl (C=O) groups is 1. The quantitative estimate of drug-likeness (QED) is 0.811. The first-order valence-electron chi connectivity index (χ1n) is 6.69. The Morgan fingerprint density at radius 3 is 2.38 bits per heavy atom. The molecule has 21 heavy (non-hydrogen) atoms. The lowest BCUT2D eigenvalue weighted by Crippen LogP contribution is -2.33. The molecular formula is C14H20F2N2O2S. The van der Waals surface area contributed by atoms with Crippen LogP contribution in [0.25, 0.3) is 0 Å². The first kappa shape index (κ1) is 17.6. The van der Waals surface area contributed by atoms with Gasteiger partial charge in [-0.05, 0) is 32.4 Å². The second kappa shape index (κ2) is 8.07. The Labute approximate surface area is 125 Å². The maximum Gasteiger partial charge on any atom is 0.251 e. The van der Waals surface area contributed by atoms with Gasteiger partial charge in [-0.3, -0.25) is 9.00 Å². The van der Waals surface area contributed by atoms with Gasteiger partial charge in [0.2, 0.25) is 0 Å². The van der Waals surface area contributed by atoms with Crippen molar-refractivity contribution in [3.8, 4) is 0 Å². The second-order valence-corrected chi connectivity index (χ2v) is 6.34. The molecule has 0 spiro atoms. The molecule has 1 rings (SSSR count). The van der Waals surface area contributed by atoms with Crippen LogP contribution in [-0.2, 0) is 10.8 Å². The predicted molar refractivity (Wildman–Crippen MR) is 81.0 cm³/mol. The van der Waals surface area contributed by atoms with E-state index < -0.39 is 28.3 Å². The molecule has 0 aliphatic rings. The molecule has 0 fully saturated rings. The molecule has 0 heterocycles. The molecule has 1 amide bonds. The van der Waals surface area contributed by atoms with E-state index in [0.717, 1.165) is 12.1 Å². The average molecular weight is 318 g/mol. The Bertz CT molecular complexity index is 515. The summed E-state index contributed by atoms with van der Waals surface area (Å²) in [6.45, 7) is 3.86. The zero-order chi connectivity index (χ0) is 16.0. The van der Waals surface area contributed by atoms with Gasteiger partial charge >= 0.3 is 0 Å². The number of hydrogen-bond acceptors (Lipinski definition) is 3. The van der Waals surface area contributed by atoms with Crippen LogP contribution in [0.15, 0.2) is 12.1 Å². The molecule has 0 aliphatic heterocycles. The van der Waals surface area contributed by atoms with E-state index in [9.17, 15) is 17.8 Å². The molecule has 1 aromatic rings. The van der Waals surface area contributed by atoms with E-state index in [1.54, 1.807) is 20.1 Å². The van der Waals surface area contributed by atoms with Crippen molar-refractivity contribution in [1.82, 2.24) is 5.32 Å². The summed E-state index contributed by atoms with van der Waals surface area (Å²) < 4.78 is 38.4. The second-order valence-electron chi connectivity index (χ2n) is 4.79. The van der Waals surface area contributed by atoms with Crippen LogP contribution in [0, 0.1) is 11.6 Å². The van der Waals surface area contributed by atoms with E-state index in [0.29, 0.717) is 18.7 Å². The Kier molecular flexibility index (Phi) is 6.74. The highest BCUT2D eigenvalue weighted by atomic mass is 32.2. The van der Waals surface area contributed by atoms with Crippen LogP contribution >= 0.6 is 0 Å². The molecule has 1 aromatic carbocycles. The van der Waals surface area contributed by atoms with Gasteiger partial charge in [0.05, 0.1) is 0 Å². The lowest BCUT2D eigenvalue weighted by molar-refractivity contribution is 0.0938. The Hall–Kier alpha value is -1.50. The molecule has 0 aromatic heterocycles. The predicted octanol–water partition coefficient (Wildman–Crippen LogP) is 2.28. The van der Waals surface area contributed by atoms with Crippen LogP contribution in [0.1, 0.15) is 30.6 Å². The molecule has 2 unspecified atom stereocenters. The molecule has 4 nitrogen and oxygen atoms in total. The molecule has 2 atom stereocenters. The summed E-state index contributed by atoms with van der Waals surface area (Å²) in [6, 6.07) is 1.78.